The Bertz CT molecular complexity index is 965. The van der Waals surface area contributed by atoms with Crippen LogP contribution in [-0.4, -0.2) is 43.0 Å². The summed E-state index contributed by atoms with van der Waals surface area (Å²) < 4.78 is 15.9. The number of hydrogen-bond donors (Lipinski definition) is 0. The van der Waals surface area contributed by atoms with Crippen LogP contribution in [0.5, 0.6) is 5.75 Å². The summed E-state index contributed by atoms with van der Waals surface area (Å²) in [4.78, 5) is 14.0. The van der Waals surface area contributed by atoms with Crippen LogP contribution in [0.2, 0.25) is 0 Å². The van der Waals surface area contributed by atoms with E-state index in [9.17, 15) is 0 Å². The molecule has 0 aliphatic carbocycles. The van der Waals surface area contributed by atoms with Gasteiger partial charge in [0.15, 0.2) is 11.6 Å². The first-order chi connectivity index (χ1) is 13.1. The van der Waals surface area contributed by atoms with Crippen molar-refractivity contribution in [2.75, 3.05) is 13.7 Å². The van der Waals surface area contributed by atoms with E-state index in [1.807, 2.05) is 23.1 Å². The van der Waals surface area contributed by atoms with Crippen LogP contribution >= 0.6 is 22.6 Å². The third kappa shape index (κ3) is 3.45. The molecule has 9 heteroatoms. The first kappa shape index (κ1) is 18.4. The molecule has 0 saturated heterocycles. The maximum atomic E-state index is 5.92. The second kappa shape index (κ2) is 7.55. The summed E-state index contributed by atoms with van der Waals surface area (Å²) in [6.07, 6.45) is 3.86. The number of ether oxygens (including phenoxy) is 2. The number of fused-ring (bicyclic) bond motifs is 3. The molecule has 0 atom stereocenters. The van der Waals surface area contributed by atoms with Crippen molar-refractivity contribution in [3.8, 4) is 28.7 Å². The van der Waals surface area contributed by atoms with Gasteiger partial charge in [-0.05, 0) is 13.8 Å². The van der Waals surface area contributed by atoms with Crippen molar-refractivity contribution in [1.29, 1.82) is 0 Å². The predicted octanol–water partition coefficient (Wildman–Crippen LogP) is 3.26. The number of halogens is 1. The van der Waals surface area contributed by atoms with Crippen LogP contribution in [0, 0.1) is 0 Å². The Morgan fingerprint density at radius 1 is 1.30 bits per heavy atom. The van der Waals surface area contributed by atoms with Gasteiger partial charge >= 0.3 is 0 Å². The maximum absolute atomic E-state index is 5.92. The molecule has 3 aromatic heterocycles. The monoisotopic (exact) mass is 480 g/mol. The van der Waals surface area contributed by atoms with Gasteiger partial charge in [0.1, 0.15) is 30.5 Å². The molecule has 0 aromatic carbocycles. The molecule has 4 heterocycles. The lowest BCUT2D eigenvalue weighted by atomic mass is 10.2. The van der Waals surface area contributed by atoms with Gasteiger partial charge in [-0.25, -0.2) is 14.6 Å². The lowest BCUT2D eigenvalue weighted by Crippen LogP contribution is -2.06. The zero-order chi connectivity index (χ0) is 19.0. The fourth-order valence-corrected chi connectivity index (χ4v) is 3.51. The quantitative estimate of drug-likeness (QED) is 0.412. The number of rotatable bonds is 5. The van der Waals surface area contributed by atoms with E-state index >= 15 is 0 Å². The Hall–Kier alpha value is -2.01. The van der Waals surface area contributed by atoms with Crippen LogP contribution in [0.25, 0.3) is 22.9 Å². The smallest absolute Gasteiger partial charge is 0.179 e. The molecule has 0 fully saturated rings. The lowest BCUT2D eigenvalue weighted by molar-refractivity contribution is 0.177. The largest absolute Gasteiger partial charge is 0.491 e. The molecule has 0 radical (unpaired) electrons. The molecule has 8 nitrogen and oxygen atoms in total. The van der Waals surface area contributed by atoms with Gasteiger partial charge in [-0.15, -0.1) is 0 Å². The van der Waals surface area contributed by atoms with Crippen LogP contribution in [0.15, 0.2) is 18.5 Å². The molecule has 0 N–H and O–H groups in total. The normalized spacial score (nSPS) is 13.2. The molecular formula is C18H21IN6O2. The van der Waals surface area contributed by atoms with Crippen LogP contribution in [-0.2, 0) is 22.3 Å². The summed E-state index contributed by atoms with van der Waals surface area (Å²) >= 11 is 2.30. The molecule has 0 amide bonds. The molecule has 1 aliphatic heterocycles. The second-order valence-electron chi connectivity index (χ2n) is 6.62. The third-order valence-electron chi connectivity index (χ3n) is 4.33. The minimum Gasteiger partial charge on any atom is -0.491 e. The van der Waals surface area contributed by atoms with Crippen molar-refractivity contribution in [1.82, 2.24) is 29.3 Å². The van der Waals surface area contributed by atoms with E-state index in [4.69, 9.17) is 14.5 Å². The number of methoxy groups -OCH3 is 1. The summed E-state index contributed by atoms with van der Waals surface area (Å²) in [6, 6.07) is 2.17. The van der Waals surface area contributed by atoms with E-state index in [1.165, 1.54) is 0 Å². The van der Waals surface area contributed by atoms with Gasteiger partial charge in [0.25, 0.3) is 0 Å². The fourth-order valence-electron chi connectivity index (χ4n) is 3.09. The lowest BCUT2D eigenvalue weighted by Gasteiger charge is -2.08. The topological polar surface area (TPSA) is 79.9 Å². The van der Waals surface area contributed by atoms with Crippen LogP contribution in [0.4, 0.5) is 0 Å². The minimum atomic E-state index is 0.170. The van der Waals surface area contributed by atoms with Crippen molar-refractivity contribution in [2.24, 2.45) is 0 Å². The van der Waals surface area contributed by atoms with E-state index in [1.54, 1.807) is 7.11 Å². The van der Waals surface area contributed by atoms with E-state index in [2.05, 4.69) is 56.1 Å². The molecule has 0 bridgehead atoms. The SMILES string of the molecule is COCc1nc(-c2cn3c(n2)-c2cnc(CI)cc2OCC3)n(C(C)C)n1. The fraction of sp³-hybridized carbons (Fsp3) is 0.444. The highest BCUT2D eigenvalue weighted by molar-refractivity contribution is 14.1. The summed E-state index contributed by atoms with van der Waals surface area (Å²) in [5, 5.41) is 4.56. The van der Waals surface area contributed by atoms with Gasteiger partial charge in [0.05, 0.1) is 17.8 Å². The van der Waals surface area contributed by atoms with Gasteiger partial charge < -0.3 is 14.0 Å². The average molecular weight is 480 g/mol. The molecular weight excluding hydrogens is 459 g/mol. The Balaban J connectivity index is 1.81. The first-order valence-electron chi connectivity index (χ1n) is 8.80. The van der Waals surface area contributed by atoms with Gasteiger partial charge in [0.2, 0.25) is 0 Å². The molecule has 3 aromatic rings. The molecule has 1 aliphatic rings. The maximum Gasteiger partial charge on any atom is 0.179 e. The van der Waals surface area contributed by atoms with E-state index in [0.717, 1.165) is 45.3 Å². The summed E-state index contributed by atoms with van der Waals surface area (Å²) in [6.45, 7) is 5.84. The Labute approximate surface area is 171 Å². The summed E-state index contributed by atoms with van der Waals surface area (Å²) in [5.41, 5.74) is 2.69. The molecule has 4 rings (SSSR count). The van der Waals surface area contributed by atoms with Crippen LogP contribution in [0.3, 0.4) is 0 Å². The number of alkyl halides is 1. The molecule has 27 heavy (non-hydrogen) atoms. The van der Waals surface area contributed by atoms with Gasteiger partial charge in [-0.1, -0.05) is 22.6 Å². The summed E-state index contributed by atoms with van der Waals surface area (Å²) in [5.74, 6) is 3.08. The van der Waals surface area contributed by atoms with Crippen molar-refractivity contribution in [3.63, 3.8) is 0 Å². The highest BCUT2D eigenvalue weighted by Gasteiger charge is 2.23. The average Bonchev–Trinajstić information content (AvgIpc) is 3.22. The van der Waals surface area contributed by atoms with Crippen molar-refractivity contribution in [3.05, 3.63) is 30.0 Å². The standard InChI is InChI=1S/C18H21IN6O2/c1-11(2)25-18(22-16(23-25)10-26-3)14-9-24-4-5-27-15-6-12(7-19)20-8-13(15)17(24)21-14/h6,8-9,11H,4-5,7,10H2,1-3H3. The molecule has 0 unspecified atom stereocenters. The van der Waals surface area contributed by atoms with E-state index in [-0.39, 0.29) is 6.04 Å². The number of pyridine rings is 1. The van der Waals surface area contributed by atoms with Gasteiger partial charge in [0, 0.05) is 36.0 Å². The predicted molar refractivity (Wildman–Crippen MR) is 109 cm³/mol. The summed E-state index contributed by atoms with van der Waals surface area (Å²) in [7, 11) is 1.64. The molecule has 0 spiro atoms. The number of imidazole rings is 1. The zero-order valence-electron chi connectivity index (χ0n) is 15.5. The number of hydrogen-bond acceptors (Lipinski definition) is 6. The van der Waals surface area contributed by atoms with Crippen molar-refractivity contribution >= 4 is 22.6 Å². The van der Waals surface area contributed by atoms with Gasteiger partial charge in [-0.3, -0.25) is 4.98 Å². The van der Waals surface area contributed by atoms with Crippen molar-refractivity contribution < 1.29 is 9.47 Å². The Morgan fingerprint density at radius 3 is 2.89 bits per heavy atom. The second-order valence-corrected chi connectivity index (χ2v) is 7.38. The van der Waals surface area contributed by atoms with Crippen molar-refractivity contribution in [2.45, 2.75) is 37.5 Å². The molecule has 0 saturated carbocycles. The minimum absolute atomic E-state index is 0.170. The highest BCUT2D eigenvalue weighted by Crippen LogP contribution is 2.34. The Morgan fingerprint density at radius 2 is 2.15 bits per heavy atom. The van der Waals surface area contributed by atoms with Crippen LogP contribution < -0.4 is 4.74 Å². The van der Waals surface area contributed by atoms with Crippen LogP contribution in [0.1, 0.15) is 31.4 Å². The van der Waals surface area contributed by atoms with Gasteiger partial charge in [-0.2, -0.15) is 5.10 Å². The number of aromatic nitrogens is 6. The van der Waals surface area contributed by atoms with E-state index in [0.29, 0.717) is 19.0 Å². The highest BCUT2D eigenvalue weighted by atomic mass is 127. The third-order valence-corrected chi connectivity index (χ3v) is 5.12. The number of nitrogens with zero attached hydrogens (tertiary/aromatic N) is 6. The molecule has 142 valence electrons. The zero-order valence-corrected chi connectivity index (χ0v) is 17.7. The van der Waals surface area contributed by atoms with E-state index < -0.39 is 0 Å². The first-order valence-corrected chi connectivity index (χ1v) is 10.3. The Kier molecular flexibility index (Phi) is 5.13.